The number of benzene rings is 9. The van der Waals surface area contributed by atoms with Crippen molar-refractivity contribution in [1.82, 2.24) is 15.0 Å². The fraction of sp³-hybridized carbons (Fsp3) is 0. The number of fused-ring (bicyclic) bond motifs is 9. The molecule has 0 amide bonds. The van der Waals surface area contributed by atoms with Gasteiger partial charge >= 0.3 is 0 Å². The minimum Gasteiger partial charge on any atom is -0.208 e. The van der Waals surface area contributed by atoms with Crippen molar-refractivity contribution in [3.05, 3.63) is 188 Å². The third kappa shape index (κ3) is 5.38. The predicted molar refractivity (Wildman–Crippen MR) is 232 cm³/mol. The Morgan fingerprint density at radius 1 is 0.273 bits per heavy atom. The Kier molecular flexibility index (Phi) is 7.35. The number of nitrogens with zero attached hydrogens (tertiary/aromatic N) is 3. The molecule has 2 aromatic heterocycles. The smallest absolute Gasteiger partial charge is 0.164 e. The van der Waals surface area contributed by atoms with Crippen molar-refractivity contribution in [3.8, 4) is 56.4 Å². The van der Waals surface area contributed by atoms with E-state index in [2.05, 4.69) is 164 Å². The van der Waals surface area contributed by atoms with Crippen molar-refractivity contribution in [2.75, 3.05) is 0 Å². The highest BCUT2D eigenvalue weighted by molar-refractivity contribution is 7.26. The van der Waals surface area contributed by atoms with Gasteiger partial charge in [-0.25, -0.2) is 15.0 Å². The van der Waals surface area contributed by atoms with Gasteiger partial charge in [-0.2, -0.15) is 0 Å². The number of rotatable bonds is 5. The molecular weight excluding hydrogens is 687 g/mol. The first-order valence-corrected chi connectivity index (χ1v) is 19.3. The minimum absolute atomic E-state index is 0.650. The SMILES string of the molecule is c1ccc(-c2cccc(-c3nc(-c4ccccc4)nc(-c4cccc5sc6cc(-c7ccc8c9ccccc9c9ccccc9c8c7)ccc6c45)n3)c2)cc1. The van der Waals surface area contributed by atoms with Crippen LogP contribution in [0, 0.1) is 0 Å². The lowest BCUT2D eigenvalue weighted by Gasteiger charge is -2.12. The summed E-state index contributed by atoms with van der Waals surface area (Å²) >= 11 is 1.82. The van der Waals surface area contributed by atoms with Gasteiger partial charge in [0.25, 0.3) is 0 Å². The molecule has 2 heterocycles. The van der Waals surface area contributed by atoms with Crippen molar-refractivity contribution in [3.63, 3.8) is 0 Å². The molecular formula is C51H31N3S. The standard InChI is InChI=1S/C51H31N3S/c1-3-13-32(14-4-1)34-17-11-18-37(29-34)50-52-49(33-15-5-2-6-16-33)53-51(54-50)44-23-12-24-46-48(44)43-28-26-36(31-47(43)55-46)35-25-27-42-40-21-8-7-19-38(40)39-20-9-10-22-41(39)45(42)30-35/h1-31H. The normalized spacial score (nSPS) is 11.6. The third-order valence-electron chi connectivity index (χ3n) is 10.7. The van der Waals surface area contributed by atoms with Gasteiger partial charge in [-0.1, -0.05) is 164 Å². The van der Waals surface area contributed by atoms with E-state index < -0.39 is 0 Å². The predicted octanol–water partition coefficient (Wildman–Crippen LogP) is 14.0. The Labute approximate surface area is 321 Å². The molecule has 4 heteroatoms. The second-order valence-electron chi connectivity index (χ2n) is 14.0. The molecule has 9 aromatic carbocycles. The van der Waals surface area contributed by atoms with Crippen LogP contribution in [0.5, 0.6) is 0 Å². The van der Waals surface area contributed by atoms with Gasteiger partial charge < -0.3 is 0 Å². The van der Waals surface area contributed by atoms with Crippen LogP contribution in [0.25, 0.3) is 109 Å². The molecule has 0 atom stereocenters. The lowest BCUT2D eigenvalue weighted by atomic mass is 9.92. The average molecular weight is 718 g/mol. The molecule has 0 fully saturated rings. The monoisotopic (exact) mass is 717 g/mol. The van der Waals surface area contributed by atoms with Gasteiger partial charge in [-0.15, -0.1) is 11.3 Å². The second-order valence-corrected chi connectivity index (χ2v) is 15.0. The fourth-order valence-corrected chi connectivity index (χ4v) is 9.26. The van der Waals surface area contributed by atoms with Crippen LogP contribution in [0.4, 0.5) is 0 Å². The Bertz CT molecular complexity index is 3220. The zero-order valence-corrected chi connectivity index (χ0v) is 30.5. The average Bonchev–Trinajstić information content (AvgIpc) is 3.65. The quantitative estimate of drug-likeness (QED) is 0.166. The zero-order chi connectivity index (χ0) is 36.3. The van der Waals surface area contributed by atoms with Crippen molar-refractivity contribution in [1.29, 1.82) is 0 Å². The second kappa shape index (κ2) is 12.8. The van der Waals surface area contributed by atoms with Crippen LogP contribution in [0.15, 0.2) is 188 Å². The van der Waals surface area contributed by atoms with E-state index in [1.54, 1.807) is 0 Å². The number of aromatic nitrogens is 3. The summed E-state index contributed by atoms with van der Waals surface area (Å²) in [6, 6.07) is 66.9. The zero-order valence-electron chi connectivity index (χ0n) is 29.6. The van der Waals surface area contributed by atoms with Crippen LogP contribution in [0.3, 0.4) is 0 Å². The van der Waals surface area contributed by atoms with Gasteiger partial charge in [-0.3, -0.25) is 0 Å². The highest BCUT2D eigenvalue weighted by atomic mass is 32.1. The van der Waals surface area contributed by atoms with Crippen LogP contribution < -0.4 is 0 Å². The molecule has 0 N–H and O–H groups in total. The largest absolute Gasteiger partial charge is 0.208 e. The molecule has 0 saturated carbocycles. The van der Waals surface area contributed by atoms with Crippen molar-refractivity contribution < 1.29 is 0 Å². The summed E-state index contributed by atoms with van der Waals surface area (Å²) in [5.41, 5.74) is 7.59. The molecule has 11 rings (SSSR count). The highest BCUT2D eigenvalue weighted by Crippen LogP contribution is 2.43. The van der Waals surface area contributed by atoms with Crippen LogP contribution >= 0.6 is 11.3 Å². The maximum Gasteiger partial charge on any atom is 0.164 e. The van der Waals surface area contributed by atoms with Gasteiger partial charge in [0, 0.05) is 36.9 Å². The van der Waals surface area contributed by atoms with Crippen LogP contribution in [0.1, 0.15) is 0 Å². The molecule has 3 nitrogen and oxygen atoms in total. The Balaban J connectivity index is 1.06. The number of hydrogen-bond acceptors (Lipinski definition) is 4. The number of hydrogen-bond donors (Lipinski definition) is 0. The molecule has 256 valence electrons. The molecule has 0 bridgehead atoms. The summed E-state index contributed by atoms with van der Waals surface area (Å²) in [7, 11) is 0. The van der Waals surface area contributed by atoms with Crippen molar-refractivity contribution in [2.45, 2.75) is 0 Å². The molecule has 0 aliphatic carbocycles. The van der Waals surface area contributed by atoms with Gasteiger partial charge in [0.1, 0.15) is 0 Å². The molecule has 11 aromatic rings. The van der Waals surface area contributed by atoms with Crippen LogP contribution in [-0.2, 0) is 0 Å². The summed E-state index contributed by atoms with van der Waals surface area (Å²) in [6.07, 6.45) is 0. The lowest BCUT2D eigenvalue weighted by Crippen LogP contribution is -2.00. The van der Waals surface area contributed by atoms with E-state index in [1.165, 1.54) is 63.6 Å². The summed E-state index contributed by atoms with van der Waals surface area (Å²) in [6.45, 7) is 0. The molecule has 0 saturated heterocycles. The lowest BCUT2D eigenvalue weighted by molar-refractivity contribution is 1.08. The van der Waals surface area contributed by atoms with Crippen LogP contribution in [-0.4, -0.2) is 15.0 Å². The van der Waals surface area contributed by atoms with E-state index in [0.717, 1.165) is 27.8 Å². The van der Waals surface area contributed by atoms with Gasteiger partial charge in [0.05, 0.1) is 0 Å². The molecule has 0 unspecified atom stereocenters. The Morgan fingerprint density at radius 3 is 1.47 bits per heavy atom. The first kappa shape index (κ1) is 31.5. The topological polar surface area (TPSA) is 38.7 Å². The first-order valence-electron chi connectivity index (χ1n) is 18.5. The Hall–Kier alpha value is -7.01. The van der Waals surface area contributed by atoms with E-state index in [-0.39, 0.29) is 0 Å². The van der Waals surface area contributed by atoms with E-state index in [9.17, 15) is 0 Å². The van der Waals surface area contributed by atoms with Crippen molar-refractivity contribution in [2.24, 2.45) is 0 Å². The molecule has 55 heavy (non-hydrogen) atoms. The van der Waals surface area contributed by atoms with E-state index in [0.29, 0.717) is 17.5 Å². The van der Waals surface area contributed by atoms with Gasteiger partial charge in [0.2, 0.25) is 0 Å². The maximum absolute atomic E-state index is 5.19. The maximum atomic E-state index is 5.19. The molecule has 0 spiro atoms. The Morgan fingerprint density at radius 2 is 0.764 bits per heavy atom. The summed E-state index contributed by atoms with van der Waals surface area (Å²) in [5.74, 6) is 1.97. The highest BCUT2D eigenvalue weighted by Gasteiger charge is 2.18. The molecule has 0 aliphatic rings. The molecule has 0 radical (unpaired) electrons. The van der Waals surface area contributed by atoms with Crippen molar-refractivity contribution >= 4 is 63.8 Å². The van der Waals surface area contributed by atoms with Crippen LogP contribution in [0.2, 0.25) is 0 Å². The summed E-state index contributed by atoms with van der Waals surface area (Å²) in [4.78, 5) is 15.4. The van der Waals surface area contributed by atoms with E-state index in [1.807, 2.05) is 35.6 Å². The summed E-state index contributed by atoms with van der Waals surface area (Å²) in [5, 5.41) is 10.1. The third-order valence-corrected chi connectivity index (χ3v) is 11.8. The molecule has 0 aliphatic heterocycles. The fourth-order valence-electron chi connectivity index (χ4n) is 8.09. The minimum atomic E-state index is 0.650. The van der Waals surface area contributed by atoms with Gasteiger partial charge in [0.15, 0.2) is 17.5 Å². The first-order chi connectivity index (χ1) is 27.2. The summed E-state index contributed by atoms with van der Waals surface area (Å²) < 4.78 is 2.44. The number of thiophene rings is 1. The van der Waals surface area contributed by atoms with E-state index in [4.69, 9.17) is 15.0 Å². The van der Waals surface area contributed by atoms with E-state index >= 15 is 0 Å². The van der Waals surface area contributed by atoms with Gasteiger partial charge in [-0.05, 0) is 78.8 Å².